The van der Waals surface area contributed by atoms with Crippen LogP contribution in [0.2, 0.25) is 13.1 Å². The van der Waals surface area contributed by atoms with Crippen molar-refractivity contribution in [3.05, 3.63) is 88.7 Å². The monoisotopic (exact) mass is 538 g/mol. The predicted octanol–water partition coefficient (Wildman–Crippen LogP) is -0.802. The van der Waals surface area contributed by atoms with Crippen LogP contribution in [0.15, 0.2) is 77.6 Å². The quantitative estimate of drug-likeness (QED) is 0.434. The van der Waals surface area contributed by atoms with E-state index in [4.69, 9.17) is 0 Å². The zero-order valence-electron chi connectivity index (χ0n) is 13.8. The SMILES string of the molecule is C[Si](C)(C1=CC=C2C=CC=CC21)C1C=Cc2ccccc21.[Cl-].[Cl-].[Hf+2]. The summed E-state index contributed by atoms with van der Waals surface area (Å²) in [4.78, 5) is 0. The molecule has 0 N–H and O–H groups in total. The van der Waals surface area contributed by atoms with E-state index in [9.17, 15) is 0 Å². The van der Waals surface area contributed by atoms with Crippen LogP contribution in [0.4, 0.5) is 0 Å². The van der Waals surface area contributed by atoms with Crippen molar-refractivity contribution in [2.45, 2.75) is 18.6 Å². The van der Waals surface area contributed by atoms with Gasteiger partial charge in [0.2, 0.25) is 0 Å². The molecule has 0 aromatic heterocycles. The third-order valence-electron chi connectivity index (χ3n) is 5.17. The molecular formula is C20H20Cl2HfSi. The van der Waals surface area contributed by atoms with Crippen LogP contribution >= 0.6 is 0 Å². The number of benzene rings is 1. The van der Waals surface area contributed by atoms with Gasteiger partial charge in [0.25, 0.3) is 0 Å². The van der Waals surface area contributed by atoms with E-state index in [1.807, 2.05) is 0 Å². The topological polar surface area (TPSA) is 0 Å². The molecular weight excluding hydrogens is 518 g/mol. The van der Waals surface area contributed by atoms with Crippen LogP contribution in [0.25, 0.3) is 6.08 Å². The van der Waals surface area contributed by atoms with Gasteiger partial charge in [0.1, 0.15) is 0 Å². The van der Waals surface area contributed by atoms with Gasteiger partial charge >= 0.3 is 25.8 Å². The third-order valence-corrected chi connectivity index (χ3v) is 9.20. The molecule has 0 amide bonds. The maximum absolute atomic E-state index is 2.53. The third kappa shape index (κ3) is 3.44. The molecule has 24 heavy (non-hydrogen) atoms. The molecule has 2 unspecified atom stereocenters. The molecule has 0 heterocycles. The summed E-state index contributed by atoms with van der Waals surface area (Å²) in [6, 6.07) is 8.88. The van der Waals surface area contributed by atoms with E-state index in [1.165, 1.54) is 16.7 Å². The Balaban J connectivity index is 0.000000960. The Morgan fingerprint density at radius 1 is 0.875 bits per heavy atom. The van der Waals surface area contributed by atoms with Gasteiger partial charge in [-0.3, -0.25) is 0 Å². The maximum atomic E-state index is 2.53. The first kappa shape index (κ1) is 21.6. The van der Waals surface area contributed by atoms with Crippen LogP contribution in [-0.4, -0.2) is 8.07 Å². The molecule has 122 valence electrons. The minimum atomic E-state index is -1.56. The molecule has 3 aliphatic rings. The first-order chi connectivity index (χ1) is 10.2. The smallest absolute Gasteiger partial charge is 1.00 e. The summed E-state index contributed by atoms with van der Waals surface area (Å²) in [7, 11) is -1.56. The van der Waals surface area contributed by atoms with Crippen molar-refractivity contribution in [1.82, 2.24) is 0 Å². The molecule has 1 aromatic rings. The van der Waals surface area contributed by atoms with Crippen LogP contribution in [0.5, 0.6) is 0 Å². The standard InChI is InChI=1S/C20H20Si.2ClH.Hf/c1-21(2,19-13-11-15-7-3-5-9-17(15)19)20-14-12-16-8-4-6-10-18(16)20;;;/h3-14,17,20H,1-2H3;2*1H;/q;;;+2/p-2. The summed E-state index contributed by atoms with van der Waals surface area (Å²) in [5.41, 5.74) is 5.00. The van der Waals surface area contributed by atoms with Gasteiger partial charge in [0.05, 0.1) is 8.07 Å². The van der Waals surface area contributed by atoms with Gasteiger partial charge in [-0.1, -0.05) is 91.2 Å². The van der Waals surface area contributed by atoms with E-state index in [0.717, 1.165) is 0 Å². The van der Waals surface area contributed by atoms with Gasteiger partial charge in [-0.05, 0) is 16.7 Å². The fourth-order valence-corrected chi connectivity index (χ4v) is 7.52. The van der Waals surface area contributed by atoms with Gasteiger partial charge < -0.3 is 24.8 Å². The molecule has 0 saturated heterocycles. The zero-order chi connectivity index (χ0) is 14.4. The van der Waals surface area contributed by atoms with Crippen molar-refractivity contribution in [3.63, 3.8) is 0 Å². The van der Waals surface area contributed by atoms with Crippen molar-refractivity contribution in [2.24, 2.45) is 5.92 Å². The van der Waals surface area contributed by atoms with Crippen molar-refractivity contribution >= 4 is 14.1 Å². The molecule has 1 aromatic carbocycles. The number of halogens is 2. The molecule has 0 saturated carbocycles. The Labute approximate surface area is 177 Å². The molecule has 0 bridgehead atoms. The van der Waals surface area contributed by atoms with E-state index in [-0.39, 0.29) is 50.7 Å². The van der Waals surface area contributed by atoms with Crippen LogP contribution < -0.4 is 24.8 Å². The first-order valence-electron chi connectivity index (χ1n) is 7.72. The summed E-state index contributed by atoms with van der Waals surface area (Å²) >= 11 is 0. The minimum absolute atomic E-state index is 0. The van der Waals surface area contributed by atoms with Crippen molar-refractivity contribution in [3.8, 4) is 0 Å². The summed E-state index contributed by atoms with van der Waals surface area (Å²) < 4.78 is 0. The Bertz CT molecular complexity index is 757. The fraction of sp³-hybridized carbons (Fsp3) is 0.200. The van der Waals surface area contributed by atoms with Crippen molar-refractivity contribution in [1.29, 1.82) is 0 Å². The number of fused-ring (bicyclic) bond motifs is 2. The van der Waals surface area contributed by atoms with E-state index >= 15 is 0 Å². The summed E-state index contributed by atoms with van der Waals surface area (Å²) in [6.07, 6.45) is 18.5. The number of hydrogen-bond acceptors (Lipinski definition) is 0. The number of hydrogen-bond donors (Lipinski definition) is 0. The Morgan fingerprint density at radius 3 is 2.42 bits per heavy atom. The van der Waals surface area contributed by atoms with Crippen LogP contribution in [0, 0.1) is 5.92 Å². The van der Waals surface area contributed by atoms with Crippen LogP contribution in [0.1, 0.15) is 16.7 Å². The van der Waals surface area contributed by atoms with Crippen LogP contribution in [-0.2, 0) is 25.8 Å². The average molecular weight is 538 g/mol. The Kier molecular flexibility index (Phi) is 7.49. The molecule has 0 aliphatic heterocycles. The first-order valence-corrected chi connectivity index (χ1v) is 10.8. The Hall–Kier alpha value is -0.413. The molecule has 4 heteroatoms. The summed E-state index contributed by atoms with van der Waals surface area (Å²) in [5.74, 6) is 0.526. The van der Waals surface area contributed by atoms with Crippen molar-refractivity contribution < 1.29 is 50.7 Å². The molecule has 0 nitrogen and oxygen atoms in total. The van der Waals surface area contributed by atoms with Gasteiger partial charge in [-0.2, -0.15) is 0 Å². The minimum Gasteiger partial charge on any atom is -1.00 e. The average Bonchev–Trinajstić information content (AvgIpc) is 3.12. The van der Waals surface area contributed by atoms with Crippen LogP contribution in [0.3, 0.4) is 0 Å². The van der Waals surface area contributed by atoms with Gasteiger partial charge in [0, 0.05) is 11.5 Å². The molecule has 0 spiro atoms. The molecule has 3 aliphatic carbocycles. The fourth-order valence-electron chi connectivity index (χ4n) is 3.96. The summed E-state index contributed by atoms with van der Waals surface area (Å²) in [6.45, 7) is 5.05. The van der Waals surface area contributed by atoms with Gasteiger partial charge in [0.15, 0.2) is 0 Å². The molecule has 0 fully saturated rings. The van der Waals surface area contributed by atoms with Crippen molar-refractivity contribution in [2.75, 3.05) is 0 Å². The van der Waals surface area contributed by atoms with E-state index in [2.05, 4.69) is 86.0 Å². The van der Waals surface area contributed by atoms with E-state index in [1.54, 1.807) is 5.20 Å². The molecule has 2 atom stereocenters. The second-order valence-corrected chi connectivity index (χ2v) is 11.3. The number of allylic oxidation sites excluding steroid dienone is 9. The second kappa shape index (κ2) is 8.31. The van der Waals surface area contributed by atoms with E-state index < -0.39 is 8.07 Å². The zero-order valence-corrected chi connectivity index (χ0v) is 19.9. The number of rotatable bonds is 2. The van der Waals surface area contributed by atoms with E-state index in [0.29, 0.717) is 11.5 Å². The molecule has 4 rings (SSSR count). The Morgan fingerprint density at radius 2 is 1.62 bits per heavy atom. The maximum Gasteiger partial charge on any atom is 2.00 e. The van der Waals surface area contributed by atoms with Gasteiger partial charge in [-0.25, -0.2) is 0 Å². The second-order valence-electron chi connectivity index (χ2n) is 6.70. The largest absolute Gasteiger partial charge is 2.00 e. The van der Waals surface area contributed by atoms with Gasteiger partial charge in [-0.15, -0.1) is 0 Å². The normalized spacial score (nSPS) is 22.4. The summed E-state index contributed by atoms with van der Waals surface area (Å²) in [5, 5.41) is 1.67. The molecule has 0 radical (unpaired) electrons. The predicted molar refractivity (Wildman–Crippen MR) is 93.6 cm³/mol.